The van der Waals surface area contributed by atoms with Gasteiger partial charge in [0.2, 0.25) is 0 Å². The summed E-state index contributed by atoms with van der Waals surface area (Å²) < 4.78 is 1.02. The fraction of sp³-hybridized carbons (Fsp3) is 0.100. The average molecular weight is 280 g/mol. The van der Waals surface area contributed by atoms with Crippen LogP contribution in [0.3, 0.4) is 0 Å². The van der Waals surface area contributed by atoms with E-state index in [1.54, 1.807) is 23.6 Å². The van der Waals surface area contributed by atoms with E-state index in [-0.39, 0.29) is 5.92 Å². The Balaban J connectivity index is 2.38. The summed E-state index contributed by atoms with van der Waals surface area (Å²) in [6.07, 6.45) is 3.11. The number of rotatable bonds is 2. The molecule has 2 aromatic rings. The maximum Gasteiger partial charge on any atom is 0.123 e. The fourth-order valence-electron chi connectivity index (χ4n) is 1.23. The summed E-state index contributed by atoms with van der Waals surface area (Å²) in [6, 6.07) is 7.88. The number of hydrogen-bond acceptors (Lipinski definition) is 4. The summed E-state index contributed by atoms with van der Waals surface area (Å²) in [6.45, 7) is 0. The molecule has 0 aliphatic carbocycles. The van der Waals surface area contributed by atoms with Crippen molar-refractivity contribution in [1.29, 1.82) is 5.26 Å². The summed E-state index contributed by atoms with van der Waals surface area (Å²) in [5.74, 6) is -0.302. The van der Waals surface area contributed by atoms with Crippen LogP contribution in [0.15, 0.2) is 34.5 Å². The molecule has 0 aromatic carbocycles. The zero-order valence-corrected chi connectivity index (χ0v) is 9.99. The molecular formula is C10H6BrN3S. The van der Waals surface area contributed by atoms with Gasteiger partial charge >= 0.3 is 0 Å². The van der Waals surface area contributed by atoms with Crippen LogP contribution in [-0.2, 0) is 0 Å². The monoisotopic (exact) mass is 279 g/mol. The molecule has 0 bridgehead atoms. The number of thiophene rings is 1. The minimum Gasteiger partial charge on any atom is -0.245 e. The lowest BCUT2D eigenvalue weighted by Crippen LogP contribution is -1.98. The second-order valence-electron chi connectivity index (χ2n) is 2.84. The van der Waals surface area contributed by atoms with E-state index in [9.17, 15) is 0 Å². The maximum atomic E-state index is 9.12. The van der Waals surface area contributed by atoms with E-state index in [1.165, 1.54) is 6.33 Å². The summed E-state index contributed by atoms with van der Waals surface area (Å²) in [7, 11) is 0. The first-order valence-electron chi connectivity index (χ1n) is 4.22. The lowest BCUT2D eigenvalue weighted by Gasteiger charge is -2.04. The lowest BCUT2D eigenvalue weighted by molar-refractivity contribution is 0.960. The van der Waals surface area contributed by atoms with E-state index < -0.39 is 0 Å². The molecule has 1 atom stereocenters. The molecule has 0 amide bonds. The number of nitrogens with zero attached hydrogens (tertiary/aromatic N) is 3. The molecule has 0 spiro atoms. The quantitative estimate of drug-likeness (QED) is 0.849. The van der Waals surface area contributed by atoms with Crippen LogP contribution >= 0.6 is 27.3 Å². The van der Waals surface area contributed by atoms with Gasteiger partial charge in [0.1, 0.15) is 12.2 Å². The van der Waals surface area contributed by atoms with E-state index in [4.69, 9.17) is 5.26 Å². The van der Waals surface area contributed by atoms with Crippen molar-refractivity contribution in [1.82, 2.24) is 9.97 Å². The molecule has 15 heavy (non-hydrogen) atoms. The largest absolute Gasteiger partial charge is 0.245 e. The smallest absolute Gasteiger partial charge is 0.123 e. The molecule has 5 heteroatoms. The maximum absolute atomic E-state index is 9.12. The summed E-state index contributed by atoms with van der Waals surface area (Å²) in [4.78, 5) is 8.92. The molecule has 0 aliphatic heterocycles. The van der Waals surface area contributed by atoms with Crippen LogP contribution < -0.4 is 0 Å². The average Bonchev–Trinajstić information content (AvgIpc) is 2.68. The molecule has 0 saturated heterocycles. The van der Waals surface area contributed by atoms with Gasteiger partial charge in [0, 0.05) is 11.1 Å². The predicted molar refractivity (Wildman–Crippen MR) is 61.5 cm³/mol. The van der Waals surface area contributed by atoms with Crippen molar-refractivity contribution in [3.8, 4) is 6.07 Å². The van der Waals surface area contributed by atoms with Crippen molar-refractivity contribution in [3.63, 3.8) is 0 Å². The summed E-state index contributed by atoms with van der Waals surface area (Å²) in [5.41, 5.74) is 0.738. The van der Waals surface area contributed by atoms with Gasteiger partial charge in [-0.3, -0.25) is 0 Å². The zero-order chi connectivity index (χ0) is 10.7. The van der Waals surface area contributed by atoms with Crippen molar-refractivity contribution in [2.45, 2.75) is 5.92 Å². The molecule has 0 aliphatic rings. The van der Waals surface area contributed by atoms with Crippen LogP contribution in [-0.4, -0.2) is 9.97 Å². The first-order chi connectivity index (χ1) is 7.31. The van der Waals surface area contributed by atoms with E-state index >= 15 is 0 Å². The Morgan fingerprint density at radius 1 is 1.40 bits per heavy atom. The molecule has 0 fully saturated rings. The first kappa shape index (κ1) is 10.3. The third-order valence-corrected chi connectivity index (χ3v) is 3.60. The molecule has 3 nitrogen and oxygen atoms in total. The Morgan fingerprint density at radius 2 is 2.27 bits per heavy atom. The van der Waals surface area contributed by atoms with E-state index in [0.717, 1.165) is 14.4 Å². The van der Waals surface area contributed by atoms with Gasteiger partial charge in [-0.05, 0) is 34.1 Å². The van der Waals surface area contributed by atoms with Crippen LogP contribution in [0.25, 0.3) is 0 Å². The minimum atomic E-state index is -0.302. The minimum absolute atomic E-state index is 0.302. The van der Waals surface area contributed by atoms with Crippen LogP contribution in [0.1, 0.15) is 16.5 Å². The SMILES string of the molecule is N#CC(c1ccncn1)c1ccc(Br)s1. The third kappa shape index (κ3) is 2.22. The second-order valence-corrected chi connectivity index (χ2v) is 5.33. The predicted octanol–water partition coefficient (Wildman–Crippen LogP) is 2.96. The number of hydrogen-bond donors (Lipinski definition) is 0. The zero-order valence-electron chi connectivity index (χ0n) is 7.59. The topological polar surface area (TPSA) is 49.6 Å². The van der Waals surface area contributed by atoms with Gasteiger partial charge in [-0.1, -0.05) is 0 Å². The van der Waals surface area contributed by atoms with Crippen molar-refractivity contribution < 1.29 is 0 Å². The van der Waals surface area contributed by atoms with Gasteiger partial charge in [-0.2, -0.15) is 5.26 Å². The summed E-state index contributed by atoms with van der Waals surface area (Å²) in [5, 5.41) is 9.12. The Bertz CT molecular complexity index is 489. The van der Waals surface area contributed by atoms with Crippen LogP contribution in [0, 0.1) is 11.3 Å². The highest BCUT2D eigenvalue weighted by atomic mass is 79.9. The van der Waals surface area contributed by atoms with Gasteiger partial charge in [-0.15, -0.1) is 11.3 Å². The highest BCUT2D eigenvalue weighted by Gasteiger charge is 2.16. The van der Waals surface area contributed by atoms with Gasteiger partial charge in [0.25, 0.3) is 0 Å². The fourth-order valence-corrected chi connectivity index (χ4v) is 2.71. The molecule has 0 N–H and O–H groups in total. The molecule has 2 rings (SSSR count). The molecule has 0 saturated carbocycles. The van der Waals surface area contributed by atoms with Crippen LogP contribution in [0.5, 0.6) is 0 Å². The highest BCUT2D eigenvalue weighted by Crippen LogP contribution is 2.31. The van der Waals surface area contributed by atoms with E-state index in [0.29, 0.717) is 0 Å². The van der Waals surface area contributed by atoms with Crippen molar-refractivity contribution >= 4 is 27.3 Å². The Morgan fingerprint density at radius 3 is 2.80 bits per heavy atom. The highest BCUT2D eigenvalue weighted by molar-refractivity contribution is 9.11. The molecule has 0 radical (unpaired) electrons. The molecule has 2 aromatic heterocycles. The second kappa shape index (κ2) is 4.51. The third-order valence-electron chi connectivity index (χ3n) is 1.91. The standard InChI is InChI=1S/C10H6BrN3S/c11-10-2-1-9(15-10)7(5-12)8-3-4-13-6-14-8/h1-4,6-7H. The molecular weight excluding hydrogens is 274 g/mol. The van der Waals surface area contributed by atoms with E-state index in [2.05, 4.69) is 32.0 Å². The Kier molecular flexibility index (Phi) is 3.09. The number of nitriles is 1. The normalized spacial score (nSPS) is 12.0. The van der Waals surface area contributed by atoms with Crippen LogP contribution in [0.4, 0.5) is 0 Å². The van der Waals surface area contributed by atoms with Crippen molar-refractivity contribution in [3.05, 3.63) is 45.1 Å². The lowest BCUT2D eigenvalue weighted by atomic mass is 10.1. The number of aromatic nitrogens is 2. The van der Waals surface area contributed by atoms with Gasteiger partial charge in [0.15, 0.2) is 0 Å². The van der Waals surface area contributed by atoms with Gasteiger partial charge in [0.05, 0.1) is 15.5 Å². The van der Waals surface area contributed by atoms with Gasteiger partial charge < -0.3 is 0 Å². The molecule has 2 heterocycles. The Hall–Kier alpha value is -1.25. The first-order valence-corrected chi connectivity index (χ1v) is 5.83. The molecule has 74 valence electrons. The Labute approximate surface area is 99.6 Å². The van der Waals surface area contributed by atoms with Crippen molar-refractivity contribution in [2.75, 3.05) is 0 Å². The summed E-state index contributed by atoms with van der Waals surface area (Å²) >= 11 is 4.93. The molecule has 1 unspecified atom stereocenters. The van der Waals surface area contributed by atoms with Gasteiger partial charge in [-0.25, -0.2) is 9.97 Å². The van der Waals surface area contributed by atoms with Crippen LogP contribution in [0.2, 0.25) is 0 Å². The van der Waals surface area contributed by atoms with E-state index in [1.807, 2.05) is 12.1 Å². The number of halogens is 1. The van der Waals surface area contributed by atoms with Crippen molar-refractivity contribution in [2.24, 2.45) is 0 Å².